The third kappa shape index (κ3) is 3.28. The van der Waals surface area contributed by atoms with Crippen molar-refractivity contribution in [1.29, 1.82) is 0 Å². The zero-order valence-corrected chi connectivity index (χ0v) is 14.8. The Balaban J connectivity index is 1.67. The number of tetrazole rings is 2. The molecule has 8 nitrogen and oxygen atoms in total. The summed E-state index contributed by atoms with van der Waals surface area (Å²) in [5, 5.41) is 24.3. The fraction of sp³-hybridized carbons (Fsp3) is 0. The summed E-state index contributed by atoms with van der Waals surface area (Å²) in [6.45, 7) is 0. The number of nitrogens with zero attached hydrogens (tertiary/aromatic N) is 8. The number of aromatic nitrogens is 8. The number of benzene rings is 2. The predicted molar refractivity (Wildman–Crippen MR) is 90.1 cm³/mol. The molecule has 0 unspecified atom stereocenters. The molecule has 0 N–H and O–H groups in total. The van der Waals surface area contributed by atoms with Gasteiger partial charge in [-0.05, 0) is 81.1 Å². The van der Waals surface area contributed by atoms with Crippen molar-refractivity contribution in [2.75, 3.05) is 0 Å². The first-order valence-corrected chi connectivity index (χ1v) is 8.58. The van der Waals surface area contributed by atoms with Crippen LogP contribution in [0.2, 0.25) is 0 Å². The molecular formula is C14H8BrFN8S. The summed E-state index contributed by atoms with van der Waals surface area (Å²) in [5.41, 5.74) is 1.44. The van der Waals surface area contributed by atoms with Crippen molar-refractivity contribution >= 4 is 27.7 Å². The van der Waals surface area contributed by atoms with Crippen LogP contribution in [0.1, 0.15) is 0 Å². The second-order valence-corrected chi connectivity index (χ2v) is 6.65. The maximum Gasteiger partial charge on any atom is 0.221 e. The molecule has 0 aliphatic rings. The van der Waals surface area contributed by atoms with Crippen molar-refractivity contribution in [3.05, 3.63) is 58.8 Å². The van der Waals surface area contributed by atoms with Gasteiger partial charge >= 0.3 is 0 Å². The van der Waals surface area contributed by atoms with Crippen LogP contribution in [0.15, 0.2) is 63.3 Å². The minimum Gasteiger partial charge on any atom is -0.207 e. The van der Waals surface area contributed by atoms with Gasteiger partial charge in [0.1, 0.15) is 5.82 Å². The highest BCUT2D eigenvalue weighted by Crippen LogP contribution is 2.26. The molecule has 0 aliphatic heterocycles. The third-order valence-electron chi connectivity index (χ3n) is 3.21. The summed E-state index contributed by atoms with van der Waals surface area (Å²) in [6.07, 6.45) is 0. The second kappa shape index (κ2) is 6.69. The zero-order valence-electron chi connectivity index (χ0n) is 12.4. The van der Waals surface area contributed by atoms with Crippen LogP contribution in [0, 0.1) is 5.82 Å². The Hall–Kier alpha value is -2.66. The van der Waals surface area contributed by atoms with E-state index >= 15 is 0 Å². The summed E-state index contributed by atoms with van der Waals surface area (Å²) < 4.78 is 17.1. The highest BCUT2D eigenvalue weighted by atomic mass is 79.9. The van der Waals surface area contributed by atoms with Gasteiger partial charge in [0.05, 0.1) is 11.4 Å². The van der Waals surface area contributed by atoms with Crippen molar-refractivity contribution in [3.63, 3.8) is 0 Å². The van der Waals surface area contributed by atoms with Gasteiger partial charge < -0.3 is 0 Å². The average Bonchev–Trinajstić information content (AvgIpc) is 3.26. The van der Waals surface area contributed by atoms with Crippen LogP contribution in [0.25, 0.3) is 11.4 Å². The second-order valence-electron chi connectivity index (χ2n) is 4.80. The summed E-state index contributed by atoms with van der Waals surface area (Å²) >= 11 is 4.59. The molecule has 0 atom stereocenters. The highest BCUT2D eigenvalue weighted by molar-refractivity contribution is 9.10. The lowest BCUT2D eigenvalue weighted by atomic mass is 10.3. The molecule has 0 saturated heterocycles. The summed E-state index contributed by atoms with van der Waals surface area (Å²) in [4.78, 5) is 0. The normalized spacial score (nSPS) is 11.0. The van der Waals surface area contributed by atoms with E-state index in [4.69, 9.17) is 0 Å². The summed E-state index contributed by atoms with van der Waals surface area (Å²) in [6, 6.07) is 13.4. The van der Waals surface area contributed by atoms with Gasteiger partial charge in [0.25, 0.3) is 0 Å². The molecule has 4 aromatic rings. The monoisotopic (exact) mass is 418 g/mol. The summed E-state index contributed by atoms with van der Waals surface area (Å²) in [5.74, 6) is -0.329. The van der Waals surface area contributed by atoms with Crippen LogP contribution in [0.3, 0.4) is 0 Å². The lowest BCUT2D eigenvalue weighted by Crippen LogP contribution is -2.02. The van der Waals surface area contributed by atoms with Crippen molar-refractivity contribution in [3.8, 4) is 11.4 Å². The first-order valence-electron chi connectivity index (χ1n) is 6.97. The van der Waals surface area contributed by atoms with Crippen molar-refractivity contribution in [1.82, 2.24) is 40.4 Å². The van der Waals surface area contributed by atoms with Crippen molar-refractivity contribution in [2.45, 2.75) is 10.3 Å². The molecule has 2 aromatic carbocycles. The van der Waals surface area contributed by atoms with E-state index in [2.05, 4.69) is 47.0 Å². The average molecular weight is 419 g/mol. The maximum atomic E-state index is 13.1. The molecule has 2 aromatic heterocycles. The number of hydrogen-bond donors (Lipinski definition) is 0. The van der Waals surface area contributed by atoms with Crippen LogP contribution in [0.5, 0.6) is 0 Å². The van der Waals surface area contributed by atoms with Crippen molar-refractivity contribution in [2.24, 2.45) is 0 Å². The van der Waals surface area contributed by atoms with Gasteiger partial charge in [0, 0.05) is 4.47 Å². The molecule has 0 spiro atoms. The van der Waals surface area contributed by atoms with Gasteiger partial charge in [0.2, 0.25) is 10.3 Å². The van der Waals surface area contributed by atoms with Gasteiger partial charge in [-0.25, -0.2) is 4.39 Å². The Labute approximate surface area is 153 Å². The largest absolute Gasteiger partial charge is 0.221 e. The summed E-state index contributed by atoms with van der Waals surface area (Å²) in [7, 11) is 0. The van der Waals surface area contributed by atoms with Crippen LogP contribution in [-0.2, 0) is 0 Å². The van der Waals surface area contributed by atoms with E-state index in [1.807, 2.05) is 24.3 Å². The minimum absolute atomic E-state index is 0.329. The maximum absolute atomic E-state index is 13.1. The fourth-order valence-corrected chi connectivity index (χ4v) is 3.09. The lowest BCUT2D eigenvalue weighted by Gasteiger charge is -2.05. The Bertz CT molecular complexity index is 917. The molecule has 11 heteroatoms. The standard InChI is InChI=1S/C14H8BrFN8S/c15-9-1-5-11(6-2-9)23-13(17-19-21-23)25-14-18-20-22-24(14)12-7-3-10(16)4-8-12/h1-8H. The molecule has 0 aliphatic carbocycles. The SMILES string of the molecule is Fc1ccc(-n2nnnc2Sc2nnnn2-c2ccc(Br)cc2)cc1. The molecule has 0 bridgehead atoms. The smallest absolute Gasteiger partial charge is 0.207 e. The number of rotatable bonds is 4. The number of halogens is 2. The van der Waals surface area contributed by atoms with Crippen LogP contribution in [0.4, 0.5) is 4.39 Å². The molecule has 0 amide bonds. The fourth-order valence-electron chi connectivity index (χ4n) is 2.06. The van der Waals surface area contributed by atoms with E-state index in [1.54, 1.807) is 16.8 Å². The molecule has 2 heterocycles. The lowest BCUT2D eigenvalue weighted by molar-refractivity contribution is 0.626. The Morgan fingerprint density at radius 3 is 1.76 bits per heavy atom. The Kier molecular flexibility index (Phi) is 4.24. The van der Waals surface area contributed by atoms with E-state index in [-0.39, 0.29) is 5.82 Å². The van der Waals surface area contributed by atoms with Gasteiger partial charge in [-0.2, -0.15) is 9.36 Å². The molecule has 124 valence electrons. The quantitative estimate of drug-likeness (QED) is 0.503. The highest BCUT2D eigenvalue weighted by Gasteiger charge is 2.16. The van der Waals surface area contributed by atoms with E-state index in [1.165, 1.54) is 28.6 Å². The van der Waals surface area contributed by atoms with Gasteiger partial charge in [-0.3, -0.25) is 0 Å². The molecule has 4 rings (SSSR count). The first kappa shape index (κ1) is 15.8. The molecule has 0 fully saturated rings. The van der Waals surface area contributed by atoms with E-state index < -0.39 is 0 Å². The minimum atomic E-state index is -0.329. The first-order chi connectivity index (χ1) is 12.2. The van der Waals surface area contributed by atoms with Crippen LogP contribution < -0.4 is 0 Å². The Morgan fingerprint density at radius 2 is 1.24 bits per heavy atom. The van der Waals surface area contributed by atoms with Crippen LogP contribution >= 0.6 is 27.7 Å². The van der Waals surface area contributed by atoms with Gasteiger partial charge in [0.15, 0.2) is 0 Å². The third-order valence-corrected chi connectivity index (χ3v) is 4.61. The van der Waals surface area contributed by atoms with Crippen LogP contribution in [-0.4, -0.2) is 40.4 Å². The van der Waals surface area contributed by atoms with Crippen molar-refractivity contribution < 1.29 is 4.39 Å². The number of hydrogen-bond acceptors (Lipinski definition) is 7. The van der Waals surface area contributed by atoms with Gasteiger partial charge in [-0.15, -0.1) is 10.2 Å². The van der Waals surface area contributed by atoms with Gasteiger partial charge in [-0.1, -0.05) is 15.9 Å². The van der Waals surface area contributed by atoms with E-state index in [0.717, 1.165) is 10.2 Å². The molecule has 0 radical (unpaired) electrons. The zero-order chi connectivity index (χ0) is 17.2. The molecule has 25 heavy (non-hydrogen) atoms. The molecule has 0 saturated carbocycles. The topological polar surface area (TPSA) is 87.2 Å². The van der Waals surface area contributed by atoms with E-state index in [9.17, 15) is 4.39 Å². The van der Waals surface area contributed by atoms with E-state index in [0.29, 0.717) is 16.0 Å². The predicted octanol–water partition coefficient (Wildman–Crippen LogP) is 2.69. The Morgan fingerprint density at radius 1 is 0.760 bits per heavy atom. The molecular weight excluding hydrogens is 411 g/mol.